The van der Waals surface area contributed by atoms with E-state index in [0.29, 0.717) is 0 Å². The first-order chi connectivity index (χ1) is 7.31. The molecule has 4 N–H and O–H groups in total. The van der Waals surface area contributed by atoms with Crippen molar-refractivity contribution in [2.45, 2.75) is 13.3 Å². The van der Waals surface area contributed by atoms with Gasteiger partial charge in [-0.2, -0.15) is 0 Å². The van der Waals surface area contributed by atoms with Crippen LogP contribution in [0.4, 0.5) is 5.69 Å². The summed E-state index contributed by atoms with van der Waals surface area (Å²) in [7, 11) is 1.69. The van der Waals surface area contributed by atoms with Gasteiger partial charge in [0.25, 0.3) is 0 Å². The van der Waals surface area contributed by atoms with Crippen LogP contribution in [-0.2, 0) is 6.42 Å². The van der Waals surface area contributed by atoms with Crippen LogP contribution < -0.4 is 21.3 Å². The molecule has 0 radical (unpaired) electrons. The van der Waals surface area contributed by atoms with Gasteiger partial charge in [0.05, 0.1) is 7.11 Å². The molecule has 0 amide bonds. The van der Waals surface area contributed by atoms with Crippen LogP contribution in [0.3, 0.4) is 0 Å². The van der Waals surface area contributed by atoms with Crippen LogP contribution in [0.2, 0.25) is 0 Å². The van der Waals surface area contributed by atoms with Crippen LogP contribution in [-0.4, -0.2) is 20.2 Å². The van der Waals surface area contributed by atoms with Crippen LogP contribution in [0.25, 0.3) is 0 Å². The lowest BCUT2D eigenvalue weighted by molar-refractivity contribution is 0.410. The van der Waals surface area contributed by atoms with E-state index in [1.165, 1.54) is 5.56 Å². The van der Waals surface area contributed by atoms with E-state index >= 15 is 0 Å². The lowest BCUT2D eigenvalue weighted by Crippen LogP contribution is -2.28. The van der Waals surface area contributed by atoms with E-state index in [1.54, 1.807) is 7.11 Å². The van der Waals surface area contributed by atoms with E-state index < -0.39 is 0 Å². The number of aryl methyl sites for hydroxylation is 1. The minimum atomic E-state index is 0.744. The Labute approximate surface area is 90.8 Å². The van der Waals surface area contributed by atoms with Crippen molar-refractivity contribution < 1.29 is 4.74 Å². The number of nitrogens with two attached hydrogens (primary N) is 1. The number of benzene rings is 1. The fraction of sp³-hybridized carbons (Fsp3) is 0.455. The number of rotatable bonds is 6. The summed E-state index contributed by atoms with van der Waals surface area (Å²) in [6.45, 7) is 3.67. The number of methoxy groups -OCH3 is 1. The summed E-state index contributed by atoms with van der Waals surface area (Å²) in [4.78, 5) is 0. The lowest BCUT2D eigenvalue weighted by Gasteiger charge is -2.10. The monoisotopic (exact) mass is 209 g/mol. The lowest BCUT2D eigenvalue weighted by atomic mass is 10.1. The molecule has 0 unspecified atom stereocenters. The first kappa shape index (κ1) is 11.8. The van der Waals surface area contributed by atoms with Crippen molar-refractivity contribution in [1.29, 1.82) is 0 Å². The van der Waals surface area contributed by atoms with Gasteiger partial charge in [0, 0.05) is 18.8 Å². The number of nitrogens with one attached hydrogen (secondary N) is 2. The molecule has 0 fully saturated rings. The van der Waals surface area contributed by atoms with Crippen molar-refractivity contribution in [3.8, 4) is 5.75 Å². The Bertz CT molecular complexity index is 302. The molecule has 0 saturated heterocycles. The highest BCUT2D eigenvalue weighted by Gasteiger charge is 2.01. The Kier molecular flexibility index (Phi) is 4.93. The van der Waals surface area contributed by atoms with Gasteiger partial charge < -0.3 is 10.1 Å². The van der Waals surface area contributed by atoms with E-state index in [2.05, 4.69) is 23.7 Å². The number of anilines is 1. The van der Waals surface area contributed by atoms with Gasteiger partial charge in [0.2, 0.25) is 0 Å². The maximum atomic E-state index is 5.26. The van der Waals surface area contributed by atoms with E-state index in [-0.39, 0.29) is 0 Å². The Morgan fingerprint density at radius 3 is 2.73 bits per heavy atom. The van der Waals surface area contributed by atoms with Gasteiger partial charge in [-0.1, -0.05) is 6.92 Å². The highest BCUT2D eigenvalue weighted by Crippen LogP contribution is 2.22. The molecule has 15 heavy (non-hydrogen) atoms. The molecule has 1 aromatic rings. The molecule has 0 aliphatic heterocycles. The molecule has 4 heteroatoms. The van der Waals surface area contributed by atoms with Gasteiger partial charge in [0.1, 0.15) is 5.75 Å². The van der Waals surface area contributed by atoms with E-state index in [9.17, 15) is 0 Å². The van der Waals surface area contributed by atoms with Crippen molar-refractivity contribution in [1.82, 2.24) is 5.43 Å². The fourth-order valence-corrected chi connectivity index (χ4v) is 1.44. The third-order valence-electron chi connectivity index (χ3n) is 2.26. The Morgan fingerprint density at radius 2 is 2.13 bits per heavy atom. The van der Waals surface area contributed by atoms with Gasteiger partial charge in [0.15, 0.2) is 0 Å². The number of hydrogen-bond acceptors (Lipinski definition) is 4. The normalized spacial score (nSPS) is 10.1. The molecule has 1 aromatic carbocycles. The average molecular weight is 209 g/mol. The molecule has 0 saturated carbocycles. The second kappa shape index (κ2) is 6.27. The summed E-state index contributed by atoms with van der Waals surface area (Å²) in [5.74, 6) is 6.13. The van der Waals surface area contributed by atoms with E-state index in [4.69, 9.17) is 10.6 Å². The van der Waals surface area contributed by atoms with Crippen LogP contribution in [0.1, 0.15) is 12.5 Å². The maximum Gasteiger partial charge on any atom is 0.122 e. The van der Waals surface area contributed by atoms with Gasteiger partial charge in [-0.15, -0.1) is 0 Å². The number of ether oxygens (including phenoxy) is 1. The Morgan fingerprint density at radius 1 is 1.33 bits per heavy atom. The quantitative estimate of drug-likeness (QED) is 0.373. The molecule has 0 aliphatic carbocycles. The van der Waals surface area contributed by atoms with Gasteiger partial charge in [-0.05, 0) is 30.2 Å². The molecule has 0 heterocycles. The molecule has 84 valence electrons. The molecular weight excluding hydrogens is 190 g/mol. The largest absolute Gasteiger partial charge is 0.496 e. The third-order valence-corrected chi connectivity index (χ3v) is 2.26. The molecule has 0 spiro atoms. The molecule has 0 aliphatic rings. The predicted molar refractivity (Wildman–Crippen MR) is 63.1 cm³/mol. The first-order valence-corrected chi connectivity index (χ1v) is 5.16. The summed E-state index contributed by atoms with van der Waals surface area (Å²) in [6.07, 6.45) is 0.966. The van der Waals surface area contributed by atoms with Gasteiger partial charge in [-0.3, -0.25) is 11.3 Å². The third kappa shape index (κ3) is 3.42. The zero-order chi connectivity index (χ0) is 11.1. The zero-order valence-electron chi connectivity index (χ0n) is 9.34. The van der Waals surface area contributed by atoms with Crippen molar-refractivity contribution in [2.75, 3.05) is 25.5 Å². The molecule has 0 atom stereocenters. The second-order valence-electron chi connectivity index (χ2n) is 3.26. The summed E-state index contributed by atoms with van der Waals surface area (Å²) < 4.78 is 5.26. The number of hydrogen-bond donors (Lipinski definition) is 3. The Hall–Kier alpha value is -1.26. The molecule has 0 aromatic heterocycles. The van der Waals surface area contributed by atoms with E-state index in [1.807, 2.05) is 12.1 Å². The molecule has 4 nitrogen and oxygen atoms in total. The highest BCUT2D eigenvalue weighted by molar-refractivity contribution is 5.51. The predicted octanol–water partition coefficient (Wildman–Crippen LogP) is 1.13. The van der Waals surface area contributed by atoms with Crippen molar-refractivity contribution in [3.63, 3.8) is 0 Å². The maximum absolute atomic E-state index is 5.26. The van der Waals surface area contributed by atoms with Crippen molar-refractivity contribution in [2.24, 2.45) is 5.84 Å². The van der Waals surface area contributed by atoms with Crippen LogP contribution >= 0.6 is 0 Å². The van der Waals surface area contributed by atoms with Gasteiger partial charge in [-0.25, -0.2) is 0 Å². The van der Waals surface area contributed by atoms with Crippen molar-refractivity contribution >= 4 is 5.69 Å². The van der Waals surface area contributed by atoms with Crippen LogP contribution in [0.5, 0.6) is 5.75 Å². The molecule has 0 bridgehead atoms. The summed E-state index contributed by atoms with van der Waals surface area (Å²) in [5, 5.41) is 3.27. The highest BCUT2D eigenvalue weighted by atomic mass is 16.5. The topological polar surface area (TPSA) is 59.3 Å². The molecule has 1 rings (SSSR count). The second-order valence-corrected chi connectivity index (χ2v) is 3.26. The summed E-state index contributed by atoms with van der Waals surface area (Å²) >= 11 is 0. The Balaban J connectivity index is 2.66. The minimum absolute atomic E-state index is 0.744. The van der Waals surface area contributed by atoms with Gasteiger partial charge >= 0.3 is 0 Å². The standard InChI is InChI=1S/C11H19N3O/c1-3-9-8-10(13-6-7-14-12)4-5-11(9)15-2/h4-5,8,13-14H,3,6-7,12H2,1-2H3. The first-order valence-electron chi connectivity index (χ1n) is 5.16. The van der Waals surface area contributed by atoms with Crippen LogP contribution in [0, 0.1) is 0 Å². The van der Waals surface area contributed by atoms with E-state index in [0.717, 1.165) is 30.9 Å². The smallest absolute Gasteiger partial charge is 0.122 e. The number of hydrazine groups is 1. The molecular formula is C11H19N3O. The summed E-state index contributed by atoms with van der Waals surface area (Å²) in [5.41, 5.74) is 4.91. The summed E-state index contributed by atoms with van der Waals surface area (Å²) in [6, 6.07) is 6.10. The van der Waals surface area contributed by atoms with Crippen LogP contribution in [0.15, 0.2) is 18.2 Å². The fourth-order valence-electron chi connectivity index (χ4n) is 1.44. The SMILES string of the molecule is CCc1cc(NCCNN)ccc1OC. The minimum Gasteiger partial charge on any atom is -0.496 e. The van der Waals surface area contributed by atoms with Crippen molar-refractivity contribution in [3.05, 3.63) is 23.8 Å². The zero-order valence-corrected chi connectivity index (χ0v) is 9.34. The average Bonchev–Trinajstić information content (AvgIpc) is 2.29.